The van der Waals surface area contributed by atoms with Crippen molar-refractivity contribution >= 4 is 53.4 Å². The van der Waals surface area contributed by atoms with E-state index < -0.39 is 15.8 Å². The molecule has 0 spiro atoms. The Hall–Kier alpha value is -4.22. The first-order valence-electron chi connectivity index (χ1n) is 16.2. The highest BCUT2D eigenvalue weighted by atomic mass is 31.1. The second kappa shape index (κ2) is 14.9. The molecule has 0 saturated heterocycles. The first-order valence-corrected chi connectivity index (χ1v) is 18.8. The number of fused-ring (bicyclic) bond motifs is 2. The Morgan fingerprint density at radius 1 is 0.500 bits per heavy atom. The van der Waals surface area contributed by atoms with Gasteiger partial charge in [-0.2, -0.15) is 0 Å². The van der Waals surface area contributed by atoms with Gasteiger partial charge in [-0.05, 0) is 85.0 Å². The number of hydrogen-bond acceptors (Lipinski definition) is 2. The third-order valence-corrected chi connectivity index (χ3v) is 13.4. The van der Waals surface area contributed by atoms with Crippen molar-refractivity contribution in [2.75, 3.05) is 13.2 Å². The largest absolute Gasteiger partial charge is 0.501 e. The summed E-state index contributed by atoms with van der Waals surface area (Å²) in [6, 6.07) is 51.1. The van der Waals surface area contributed by atoms with Gasteiger partial charge in [0, 0.05) is 11.1 Å². The molecule has 4 heteroatoms. The minimum Gasteiger partial charge on any atom is -0.501 e. The maximum atomic E-state index is 6.71. The molecular weight excluding hydrogens is 598 g/mol. The molecule has 2 heterocycles. The third-order valence-electron chi connectivity index (χ3n) is 8.44. The van der Waals surface area contributed by atoms with Gasteiger partial charge in [0.15, 0.2) is 0 Å². The van der Waals surface area contributed by atoms with E-state index in [1.807, 2.05) is 6.26 Å². The van der Waals surface area contributed by atoms with E-state index in [0.717, 1.165) is 38.0 Å². The van der Waals surface area contributed by atoms with Crippen LogP contribution >= 0.6 is 15.8 Å². The molecule has 5 aromatic rings. The van der Waals surface area contributed by atoms with E-state index in [4.69, 9.17) is 9.47 Å². The lowest BCUT2D eigenvalue weighted by atomic mass is 9.95. The lowest BCUT2D eigenvalue weighted by molar-refractivity contribution is 0.235. The van der Waals surface area contributed by atoms with E-state index in [0.29, 0.717) is 6.61 Å². The zero-order valence-corrected chi connectivity index (χ0v) is 27.8. The second-order valence-electron chi connectivity index (χ2n) is 11.5. The molecule has 46 heavy (non-hydrogen) atoms. The molecule has 5 aromatic carbocycles. The van der Waals surface area contributed by atoms with Gasteiger partial charge in [-0.1, -0.05) is 146 Å². The Morgan fingerprint density at radius 3 is 1.59 bits per heavy atom. The Kier molecular flexibility index (Phi) is 9.87. The van der Waals surface area contributed by atoms with Crippen LogP contribution in [0.25, 0.3) is 11.1 Å². The van der Waals surface area contributed by atoms with Crippen molar-refractivity contribution in [2.24, 2.45) is 0 Å². The van der Waals surface area contributed by atoms with Crippen LogP contribution in [0, 0.1) is 0 Å². The van der Waals surface area contributed by atoms with Crippen molar-refractivity contribution in [1.82, 2.24) is 0 Å². The fourth-order valence-corrected chi connectivity index (χ4v) is 11.5. The standard InChI is InChI=1S/C42H38O2P2/c1-5-19-34(20-6-1)45(35-21-7-2-8-22-35)39-28-13-27-38-41(39)40(29-16-31-43-30-14-17-33-18-15-32-44-42(33)38)46(36-23-9-3-10-24-36)37-25-11-4-12-26-37/h1-13,16,19-29,31H,14-15,17-18,30,32H2. The van der Waals surface area contributed by atoms with Gasteiger partial charge in [0.2, 0.25) is 0 Å². The lowest BCUT2D eigenvalue weighted by Gasteiger charge is -2.31. The van der Waals surface area contributed by atoms with Crippen LogP contribution in [0.15, 0.2) is 164 Å². The summed E-state index contributed by atoms with van der Waals surface area (Å²) < 4.78 is 12.8. The van der Waals surface area contributed by atoms with E-state index in [1.54, 1.807) is 0 Å². The maximum absolute atomic E-state index is 6.71. The highest BCUT2D eigenvalue weighted by Crippen LogP contribution is 2.53. The van der Waals surface area contributed by atoms with E-state index >= 15 is 0 Å². The number of ether oxygens (including phenoxy) is 2. The molecule has 0 amide bonds. The fourth-order valence-electron chi connectivity index (χ4n) is 6.42. The molecule has 0 N–H and O–H groups in total. The fraction of sp³-hybridized carbons (Fsp3) is 0.143. The molecular formula is C42H38O2P2. The van der Waals surface area contributed by atoms with Crippen LogP contribution in [0.5, 0.6) is 0 Å². The predicted molar refractivity (Wildman–Crippen MR) is 199 cm³/mol. The molecule has 0 saturated carbocycles. The van der Waals surface area contributed by atoms with Crippen molar-refractivity contribution in [2.45, 2.75) is 25.7 Å². The molecule has 2 aliphatic heterocycles. The van der Waals surface area contributed by atoms with Crippen LogP contribution in [-0.2, 0) is 9.47 Å². The molecule has 0 radical (unpaired) electrons. The van der Waals surface area contributed by atoms with Gasteiger partial charge in [-0.15, -0.1) is 0 Å². The normalized spacial score (nSPS) is 15.1. The number of hydrogen-bond donors (Lipinski definition) is 0. The van der Waals surface area contributed by atoms with Gasteiger partial charge in [-0.25, -0.2) is 0 Å². The average molecular weight is 637 g/mol. The van der Waals surface area contributed by atoms with E-state index in [-0.39, 0.29) is 0 Å². The molecule has 0 unspecified atom stereocenters. The third kappa shape index (κ3) is 6.66. The van der Waals surface area contributed by atoms with Gasteiger partial charge in [0.05, 0.1) is 19.5 Å². The molecule has 7 rings (SSSR count). The van der Waals surface area contributed by atoms with Crippen molar-refractivity contribution in [3.05, 3.63) is 175 Å². The maximum Gasteiger partial charge on any atom is 0.126 e. The predicted octanol–water partition coefficient (Wildman–Crippen LogP) is 8.76. The van der Waals surface area contributed by atoms with Crippen LogP contribution in [-0.4, -0.2) is 13.2 Å². The van der Waals surface area contributed by atoms with Crippen molar-refractivity contribution in [3.63, 3.8) is 0 Å². The summed E-state index contributed by atoms with van der Waals surface area (Å²) in [6.07, 6.45) is 10.4. The van der Waals surface area contributed by atoms with Gasteiger partial charge in [0.25, 0.3) is 0 Å². The van der Waals surface area contributed by atoms with Gasteiger partial charge in [-0.3, -0.25) is 0 Å². The number of allylic oxidation sites excluding steroid dienone is 3. The highest BCUT2D eigenvalue weighted by molar-refractivity contribution is 7.83. The van der Waals surface area contributed by atoms with Crippen LogP contribution in [0.1, 0.15) is 36.8 Å². The molecule has 0 aromatic heterocycles. The molecule has 2 aliphatic rings. The number of benzene rings is 5. The van der Waals surface area contributed by atoms with Crippen LogP contribution in [0.3, 0.4) is 0 Å². The molecule has 0 fully saturated rings. The monoisotopic (exact) mass is 636 g/mol. The Labute approximate surface area is 275 Å². The van der Waals surface area contributed by atoms with Gasteiger partial charge in [0.1, 0.15) is 5.76 Å². The molecule has 0 atom stereocenters. The summed E-state index contributed by atoms with van der Waals surface area (Å²) in [5, 5.41) is 7.97. The van der Waals surface area contributed by atoms with Gasteiger partial charge >= 0.3 is 0 Å². The molecule has 2 nitrogen and oxygen atoms in total. The van der Waals surface area contributed by atoms with Crippen molar-refractivity contribution in [3.8, 4) is 0 Å². The zero-order valence-electron chi connectivity index (χ0n) is 26.0. The summed E-state index contributed by atoms with van der Waals surface area (Å²) in [5.74, 6) is 1.07. The summed E-state index contributed by atoms with van der Waals surface area (Å²) >= 11 is 0. The molecule has 0 bridgehead atoms. The SMILES string of the molecule is C1=COCCCC2=C(OCCC2)c2cccc(P(c3ccccc3)c3ccccc3)c2C(P(c2ccccc2)c2ccccc2)=C1. The number of rotatable bonds is 6. The molecule has 0 aliphatic carbocycles. The van der Waals surface area contributed by atoms with Crippen LogP contribution < -0.4 is 26.5 Å². The van der Waals surface area contributed by atoms with Crippen molar-refractivity contribution < 1.29 is 9.47 Å². The van der Waals surface area contributed by atoms with Crippen molar-refractivity contribution in [1.29, 1.82) is 0 Å². The Bertz CT molecular complexity index is 1750. The summed E-state index contributed by atoms with van der Waals surface area (Å²) in [7, 11) is -1.82. The van der Waals surface area contributed by atoms with E-state index in [9.17, 15) is 0 Å². The summed E-state index contributed by atoms with van der Waals surface area (Å²) in [5.41, 5.74) is 3.91. The van der Waals surface area contributed by atoms with Gasteiger partial charge < -0.3 is 9.47 Å². The van der Waals surface area contributed by atoms with E-state index in [2.05, 4.69) is 152 Å². The lowest BCUT2D eigenvalue weighted by Crippen LogP contribution is -2.25. The minimum absolute atomic E-state index is 0.697. The Morgan fingerprint density at radius 2 is 1.02 bits per heavy atom. The highest BCUT2D eigenvalue weighted by Gasteiger charge is 2.31. The van der Waals surface area contributed by atoms with Crippen LogP contribution in [0.4, 0.5) is 0 Å². The summed E-state index contributed by atoms with van der Waals surface area (Å²) in [6.45, 7) is 1.44. The topological polar surface area (TPSA) is 18.5 Å². The van der Waals surface area contributed by atoms with E-state index in [1.165, 1.54) is 48.5 Å². The Balaban J connectivity index is 1.58. The quantitative estimate of drug-likeness (QED) is 0.174. The smallest absolute Gasteiger partial charge is 0.126 e. The minimum atomic E-state index is -0.937. The summed E-state index contributed by atoms with van der Waals surface area (Å²) in [4.78, 5) is 0. The first-order chi connectivity index (χ1) is 22.9. The first kappa shape index (κ1) is 30.4. The van der Waals surface area contributed by atoms with Crippen LogP contribution in [0.2, 0.25) is 0 Å². The second-order valence-corrected chi connectivity index (χ2v) is 15.8. The zero-order chi connectivity index (χ0) is 31.0. The average Bonchev–Trinajstić information content (AvgIpc) is 3.12. The molecule has 228 valence electrons.